The van der Waals surface area contributed by atoms with E-state index in [1.807, 2.05) is 12.3 Å². The number of hydrogen-bond acceptors (Lipinski definition) is 3. The zero-order chi connectivity index (χ0) is 12.3. The third kappa shape index (κ3) is 2.82. The van der Waals surface area contributed by atoms with Gasteiger partial charge in [-0.1, -0.05) is 0 Å². The van der Waals surface area contributed by atoms with Crippen LogP contribution in [-0.4, -0.2) is 29.4 Å². The summed E-state index contributed by atoms with van der Waals surface area (Å²) in [7, 11) is 2.14. The van der Waals surface area contributed by atoms with E-state index < -0.39 is 0 Å². The standard InChI is InChI=1S/C13H19N3O/c1-16-8-2-3-12(16)11-9-15-7-6-10(11)4-5-13(14)17/h6-7,9,12H,2-5,8H2,1H3,(H2,14,17)/t12-/m0/s1. The largest absolute Gasteiger partial charge is 0.370 e. The minimum atomic E-state index is -0.243. The Labute approximate surface area is 102 Å². The van der Waals surface area contributed by atoms with Crippen LogP contribution in [0.4, 0.5) is 0 Å². The number of aryl methyl sites for hydroxylation is 1. The molecular formula is C13H19N3O. The van der Waals surface area contributed by atoms with Crippen LogP contribution in [0.2, 0.25) is 0 Å². The van der Waals surface area contributed by atoms with Gasteiger partial charge in [-0.15, -0.1) is 0 Å². The molecule has 92 valence electrons. The SMILES string of the molecule is CN1CCC[C@H]1c1cnccc1CCC(N)=O. The van der Waals surface area contributed by atoms with Crippen LogP contribution in [0.15, 0.2) is 18.5 Å². The summed E-state index contributed by atoms with van der Waals surface area (Å²) < 4.78 is 0. The second-order valence-corrected chi connectivity index (χ2v) is 4.68. The minimum Gasteiger partial charge on any atom is -0.370 e. The van der Waals surface area contributed by atoms with Gasteiger partial charge in [-0.3, -0.25) is 14.7 Å². The highest BCUT2D eigenvalue weighted by molar-refractivity contribution is 5.74. The highest BCUT2D eigenvalue weighted by Crippen LogP contribution is 2.32. The molecule has 2 N–H and O–H groups in total. The molecule has 0 aromatic carbocycles. The van der Waals surface area contributed by atoms with Crippen LogP contribution in [0.3, 0.4) is 0 Å². The molecule has 0 aliphatic carbocycles. The van der Waals surface area contributed by atoms with Crippen LogP contribution in [0.1, 0.15) is 36.4 Å². The number of carbonyl (C=O) groups is 1. The quantitative estimate of drug-likeness (QED) is 0.852. The fourth-order valence-electron chi connectivity index (χ4n) is 2.52. The second kappa shape index (κ2) is 5.27. The average molecular weight is 233 g/mol. The molecule has 1 atom stereocenters. The number of likely N-dealkylation sites (tertiary alicyclic amines) is 1. The van der Waals surface area contributed by atoms with Crippen LogP contribution in [0, 0.1) is 0 Å². The number of amides is 1. The predicted octanol–water partition coefficient (Wildman–Crippen LogP) is 1.27. The number of carbonyl (C=O) groups excluding carboxylic acids is 1. The summed E-state index contributed by atoms with van der Waals surface area (Å²) in [5.41, 5.74) is 7.67. The normalized spacial score (nSPS) is 20.6. The number of primary amides is 1. The van der Waals surface area contributed by atoms with Crippen molar-refractivity contribution < 1.29 is 4.79 Å². The van der Waals surface area contributed by atoms with E-state index in [9.17, 15) is 4.79 Å². The van der Waals surface area contributed by atoms with E-state index in [0.29, 0.717) is 12.5 Å². The van der Waals surface area contributed by atoms with E-state index in [-0.39, 0.29) is 5.91 Å². The maximum atomic E-state index is 10.9. The van der Waals surface area contributed by atoms with Gasteiger partial charge in [-0.05, 0) is 50.0 Å². The molecule has 4 heteroatoms. The Bertz CT molecular complexity index is 405. The van der Waals surface area contributed by atoms with E-state index in [0.717, 1.165) is 13.0 Å². The Morgan fingerprint density at radius 1 is 1.65 bits per heavy atom. The van der Waals surface area contributed by atoms with Gasteiger partial charge in [-0.25, -0.2) is 0 Å². The number of hydrogen-bond donors (Lipinski definition) is 1. The van der Waals surface area contributed by atoms with Gasteiger partial charge in [0.15, 0.2) is 0 Å². The van der Waals surface area contributed by atoms with Gasteiger partial charge >= 0.3 is 0 Å². The molecule has 2 rings (SSSR count). The van der Waals surface area contributed by atoms with Crippen LogP contribution in [-0.2, 0) is 11.2 Å². The summed E-state index contributed by atoms with van der Waals surface area (Å²) in [6.07, 6.45) is 7.25. The van der Waals surface area contributed by atoms with Crippen molar-refractivity contribution in [2.24, 2.45) is 5.73 Å². The number of pyridine rings is 1. The number of rotatable bonds is 4. The molecule has 1 aliphatic rings. The molecule has 0 bridgehead atoms. The predicted molar refractivity (Wildman–Crippen MR) is 66.4 cm³/mol. The molecule has 17 heavy (non-hydrogen) atoms. The van der Waals surface area contributed by atoms with Crippen molar-refractivity contribution in [1.82, 2.24) is 9.88 Å². The van der Waals surface area contributed by atoms with Crippen molar-refractivity contribution in [3.05, 3.63) is 29.6 Å². The summed E-state index contributed by atoms with van der Waals surface area (Å²) in [6.45, 7) is 1.13. The van der Waals surface area contributed by atoms with Crippen molar-refractivity contribution >= 4 is 5.91 Å². The van der Waals surface area contributed by atoms with E-state index in [4.69, 9.17) is 5.73 Å². The molecule has 4 nitrogen and oxygen atoms in total. The summed E-state index contributed by atoms with van der Waals surface area (Å²) in [5, 5.41) is 0. The summed E-state index contributed by atoms with van der Waals surface area (Å²) in [4.78, 5) is 17.4. The van der Waals surface area contributed by atoms with E-state index >= 15 is 0 Å². The number of nitrogens with two attached hydrogens (primary N) is 1. The van der Waals surface area contributed by atoms with Crippen molar-refractivity contribution in [3.8, 4) is 0 Å². The Morgan fingerprint density at radius 2 is 2.47 bits per heavy atom. The third-order valence-corrected chi connectivity index (χ3v) is 3.47. The Kier molecular flexibility index (Phi) is 3.74. The summed E-state index contributed by atoms with van der Waals surface area (Å²) >= 11 is 0. The van der Waals surface area contributed by atoms with Gasteiger partial charge in [0, 0.05) is 24.9 Å². The van der Waals surface area contributed by atoms with Crippen LogP contribution < -0.4 is 5.73 Å². The lowest BCUT2D eigenvalue weighted by molar-refractivity contribution is -0.117. The van der Waals surface area contributed by atoms with Gasteiger partial charge in [0.2, 0.25) is 5.91 Å². The molecule has 0 spiro atoms. The lowest BCUT2D eigenvalue weighted by Crippen LogP contribution is -2.19. The van der Waals surface area contributed by atoms with Crippen molar-refractivity contribution in [3.63, 3.8) is 0 Å². The zero-order valence-corrected chi connectivity index (χ0v) is 10.2. The average Bonchev–Trinajstić information content (AvgIpc) is 2.73. The fraction of sp³-hybridized carbons (Fsp3) is 0.538. The van der Waals surface area contributed by atoms with Crippen LogP contribution in [0.25, 0.3) is 0 Å². The molecular weight excluding hydrogens is 214 g/mol. The van der Waals surface area contributed by atoms with E-state index in [2.05, 4.69) is 16.9 Å². The maximum Gasteiger partial charge on any atom is 0.217 e. The van der Waals surface area contributed by atoms with Crippen molar-refractivity contribution in [2.45, 2.75) is 31.7 Å². The molecule has 2 heterocycles. The Morgan fingerprint density at radius 3 is 3.12 bits per heavy atom. The lowest BCUT2D eigenvalue weighted by Gasteiger charge is -2.22. The highest BCUT2D eigenvalue weighted by atomic mass is 16.1. The van der Waals surface area contributed by atoms with Gasteiger partial charge in [0.25, 0.3) is 0 Å². The van der Waals surface area contributed by atoms with Gasteiger partial charge in [0.1, 0.15) is 0 Å². The van der Waals surface area contributed by atoms with Crippen LogP contribution in [0.5, 0.6) is 0 Å². The molecule has 1 fully saturated rings. The first kappa shape index (κ1) is 12.0. The monoisotopic (exact) mass is 233 g/mol. The number of nitrogens with zero attached hydrogens (tertiary/aromatic N) is 2. The van der Waals surface area contributed by atoms with Gasteiger partial charge in [0.05, 0.1) is 0 Å². The molecule has 0 unspecified atom stereocenters. The molecule has 1 aromatic heterocycles. The number of aromatic nitrogens is 1. The summed E-state index contributed by atoms with van der Waals surface area (Å²) in [6, 6.07) is 2.45. The van der Waals surface area contributed by atoms with Crippen molar-refractivity contribution in [2.75, 3.05) is 13.6 Å². The van der Waals surface area contributed by atoms with Crippen LogP contribution >= 0.6 is 0 Å². The van der Waals surface area contributed by atoms with Crippen molar-refractivity contribution in [1.29, 1.82) is 0 Å². The summed E-state index contributed by atoms with van der Waals surface area (Å²) in [5.74, 6) is -0.243. The lowest BCUT2D eigenvalue weighted by atomic mass is 9.98. The third-order valence-electron chi connectivity index (χ3n) is 3.47. The first-order valence-electron chi connectivity index (χ1n) is 6.10. The molecule has 1 amide bonds. The molecule has 0 saturated carbocycles. The van der Waals surface area contributed by atoms with E-state index in [1.165, 1.54) is 24.0 Å². The topological polar surface area (TPSA) is 59.2 Å². The molecule has 1 aromatic rings. The smallest absolute Gasteiger partial charge is 0.217 e. The Hall–Kier alpha value is -1.42. The van der Waals surface area contributed by atoms with Gasteiger partial charge < -0.3 is 5.73 Å². The second-order valence-electron chi connectivity index (χ2n) is 4.68. The first-order valence-corrected chi connectivity index (χ1v) is 6.10. The zero-order valence-electron chi connectivity index (χ0n) is 10.2. The molecule has 0 radical (unpaired) electrons. The highest BCUT2D eigenvalue weighted by Gasteiger charge is 2.24. The Balaban J connectivity index is 2.18. The fourth-order valence-corrected chi connectivity index (χ4v) is 2.52. The minimum absolute atomic E-state index is 0.243. The maximum absolute atomic E-state index is 10.9. The van der Waals surface area contributed by atoms with Gasteiger partial charge in [-0.2, -0.15) is 0 Å². The van der Waals surface area contributed by atoms with E-state index in [1.54, 1.807) is 6.20 Å². The first-order chi connectivity index (χ1) is 8.18. The molecule has 1 aliphatic heterocycles. The molecule has 1 saturated heterocycles.